The van der Waals surface area contributed by atoms with Crippen molar-refractivity contribution < 1.29 is 14.6 Å². The van der Waals surface area contributed by atoms with Gasteiger partial charge in [-0.05, 0) is 31.7 Å². The highest BCUT2D eigenvalue weighted by molar-refractivity contribution is 7.20. The van der Waals surface area contributed by atoms with Crippen LogP contribution in [0.1, 0.15) is 48.8 Å². The molecule has 2 N–H and O–H groups in total. The first-order valence-electron chi connectivity index (χ1n) is 8.01. The molecule has 0 saturated carbocycles. The van der Waals surface area contributed by atoms with Gasteiger partial charge in [-0.3, -0.25) is 0 Å². The Labute approximate surface area is 146 Å². The predicted octanol–water partition coefficient (Wildman–Crippen LogP) is 3.30. The summed E-state index contributed by atoms with van der Waals surface area (Å²) in [6.45, 7) is 12.0. The molecular formula is C17H25N3O3S. The first-order chi connectivity index (χ1) is 11.2. The largest absolute Gasteiger partial charge is 0.462 e. The number of aliphatic hydroxyl groups is 1. The van der Waals surface area contributed by atoms with Crippen molar-refractivity contribution in [1.29, 1.82) is 0 Å². The Bertz CT molecular complexity index is 750. The fourth-order valence-electron chi connectivity index (χ4n) is 2.44. The van der Waals surface area contributed by atoms with Crippen molar-refractivity contribution >= 4 is 33.3 Å². The Balaban J connectivity index is 2.56. The van der Waals surface area contributed by atoms with E-state index < -0.39 is 0 Å². The predicted molar refractivity (Wildman–Crippen MR) is 96.8 cm³/mol. The van der Waals surface area contributed by atoms with Crippen molar-refractivity contribution in [2.45, 2.75) is 47.6 Å². The molecule has 7 heteroatoms. The summed E-state index contributed by atoms with van der Waals surface area (Å²) in [6.07, 6.45) is 0. The molecule has 2 aromatic heterocycles. The Hall–Kier alpha value is -1.73. The van der Waals surface area contributed by atoms with Crippen LogP contribution in [0.2, 0.25) is 0 Å². The number of nitrogens with zero attached hydrogens (tertiary/aromatic N) is 2. The van der Waals surface area contributed by atoms with Crippen LogP contribution in [0.15, 0.2) is 0 Å². The molecule has 0 radical (unpaired) electrons. The molecule has 0 spiro atoms. The van der Waals surface area contributed by atoms with Gasteiger partial charge in [0.05, 0.1) is 24.6 Å². The van der Waals surface area contributed by atoms with Crippen molar-refractivity contribution in [1.82, 2.24) is 9.97 Å². The highest BCUT2D eigenvalue weighted by Gasteiger charge is 2.27. The standard InChI is InChI=1S/C17H25N3O3S/c1-7-23-16(22)13-9(2)12-14(18-10(3)19-15(12)24-13)20-11(8-21)17(4,5)6/h11,21H,7-8H2,1-6H3,(H,18,19,20). The highest BCUT2D eigenvalue weighted by atomic mass is 32.1. The average Bonchev–Trinajstić information content (AvgIpc) is 2.80. The lowest BCUT2D eigenvalue weighted by Gasteiger charge is -2.30. The quantitative estimate of drug-likeness (QED) is 0.804. The molecule has 0 aromatic carbocycles. The molecule has 132 valence electrons. The molecule has 0 bridgehead atoms. The number of ether oxygens (including phenoxy) is 1. The van der Waals surface area contributed by atoms with E-state index in [0.29, 0.717) is 23.1 Å². The highest BCUT2D eigenvalue weighted by Crippen LogP contribution is 2.35. The summed E-state index contributed by atoms with van der Waals surface area (Å²) in [4.78, 5) is 22.4. The Kier molecular flexibility index (Phi) is 5.45. The van der Waals surface area contributed by atoms with E-state index in [1.54, 1.807) is 6.92 Å². The number of esters is 1. The van der Waals surface area contributed by atoms with Crippen molar-refractivity contribution in [3.63, 3.8) is 0 Å². The maximum absolute atomic E-state index is 12.1. The molecule has 0 aliphatic carbocycles. The van der Waals surface area contributed by atoms with Gasteiger partial charge in [-0.1, -0.05) is 20.8 Å². The zero-order chi connectivity index (χ0) is 18.1. The van der Waals surface area contributed by atoms with E-state index in [4.69, 9.17) is 4.74 Å². The number of carbonyl (C=O) groups is 1. The Morgan fingerprint density at radius 1 is 1.33 bits per heavy atom. The van der Waals surface area contributed by atoms with Crippen molar-refractivity contribution in [3.8, 4) is 0 Å². The van der Waals surface area contributed by atoms with Gasteiger partial charge in [-0.25, -0.2) is 14.8 Å². The van der Waals surface area contributed by atoms with Crippen molar-refractivity contribution in [2.75, 3.05) is 18.5 Å². The van der Waals surface area contributed by atoms with Crippen LogP contribution < -0.4 is 5.32 Å². The van der Waals surface area contributed by atoms with Crippen LogP contribution in [-0.4, -0.2) is 40.3 Å². The van der Waals surface area contributed by atoms with Gasteiger partial charge in [0.2, 0.25) is 0 Å². The minimum absolute atomic E-state index is 0.0119. The fourth-order valence-corrected chi connectivity index (χ4v) is 3.56. The van der Waals surface area contributed by atoms with Gasteiger partial charge in [0.25, 0.3) is 0 Å². The Morgan fingerprint density at radius 2 is 2.00 bits per heavy atom. The first kappa shape index (κ1) is 18.6. The van der Waals surface area contributed by atoms with Gasteiger partial charge in [0.1, 0.15) is 21.3 Å². The fraction of sp³-hybridized carbons (Fsp3) is 0.588. The monoisotopic (exact) mass is 351 g/mol. The topological polar surface area (TPSA) is 84.3 Å². The zero-order valence-corrected chi connectivity index (χ0v) is 15.9. The molecule has 6 nitrogen and oxygen atoms in total. The number of carbonyl (C=O) groups excluding carboxylic acids is 1. The number of aromatic nitrogens is 2. The second-order valence-electron chi connectivity index (χ2n) is 6.82. The van der Waals surface area contributed by atoms with Crippen LogP contribution in [0.3, 0.4) is 0 Å². The van der Waals surface area contributed by atoms with Crippen molar-refractivity contribution in [3.05, 3.63) is 16.3 Å². The van der Waals surface area contributed by atoms with E-state index in [9.17, 15) is 9.90 Å². The number of aliphatic hydroxyl groups excluding tert-OH is 1. The number of rotatable bonds is 5. The first-order valence-corrected chi connectivity index (χ1v) is 8.83. The number of anilines is 1. The summed E-state index contributed by atoms with van der Waals surface area (Å²) in [7, 11) is 0. The number of fused-ring (bicyclic) bond motifs is 1. The normalized spacial score (nSPS) is 13.1. The van der Waals surface area contributed by atoms with Gasteiger partial charge in [0.15, 0.2) is 0 Å². The van der Waals surface area contributed by atoms with E-state index in [-0.39, 0.29) is 24.0 Å². The maximum atomic E-state index is 12.1. The van der Waals surface area contributed by atoms with Crippen LogP contribution in [0, 0.1) is 19.3 Å². The number of hydrogen-bond acceptors (Lipinski definition) is 7. The SMILES string of the molecule is CCOC(=O)c1sc2nc(C)nc(NC(CO)C(C)(C)C)c2c1C. The third-order valence-electron chi connectivity index (χ3n) is 3.90. The van der Waals surface area contributed by atoms with Gasteiger partial charge >= 0.3 is 5.97 Å². The van der Waals surface area contributed by atoms with E-state index in [2.05, 4.69) is 36.1 Å². The molecule has 2 rings (SSSR count). The summed E-state index contributed by atoms with van der Waals surface area (Å²) in [5, 5.41) is 13.9. The molecule has 1 unspecified atom stereocenters. The van der Waals surface area contributed by atoms with Crippen LogP contribution in [0.5, 0.6) is 0 Å². The summed E-state index contributed by atoms with van der Waals surface area (Å²) in [5.74, 6) is 0.930. The van der Waals surface area contributed by atoms with E-state index in [0.717, 1.165) is 15.8 Å². The van der Waals surface area contributed by atoms with Crippen LogP contribution in [0.25, 0.3) is 10.2 Å². The van der Waals surface area contributed by atoms with Crippen LogP contribution >= 0.6 is 11.3 Å². The lowest BCUT2D eigenvalue weighted by atomic mass is 9.87. The molecule has 0 aliphatic rings. The van der Waals surface area contributed by atoms with Crippen LogP contribution in [-0.2, 0) is 4.74 Å². The number of aryl methyl sites for hydroxylation is 2. The molecular weight excluding hydrogens is 326 g/mol. The zero-order valence-electron chi connectivity index (χ0n) is 15.1. The third-order valence-corrected chi connectivity index (χ3v) is 5.07. The molecule has 0 saturated heterocycles. The third kappa shape index (κ3) is 3.67. The summed E-state index contributed by atoms with van der Waals surface area (Å²) in [6, 6.07) is -0.166. The molecule has 0 amide bonds. The van der Waals surface area contributed by atoms with Gasteiger partial charge < -0.3 is 15.2 Å². The van der Waals surface area contributed by atoms with E-state index >= 15 is 0 Å². The summed E-state index contributed by atoms with van der Waals surface area (Å²) >= 11 is 1.31. The van der Waals surface area contributed by atoms with Crippen molar-refractivity contribution in [2.24, 2.45) is 5.41 Å². The molecule has 0 aliphatic heterocycles. The minimum atomic E-state index is -0.337. The van der Waals surface area contributed by atoms with E-state index in [1.807, 2.05) is 13.8 Å². The summed E-state index contributed by atoms with van der Waals surface area (Å²) in [5.41, 5.74) is 0.662. The number of hydrogen-bond donors (Lipinski definition) is 2. The lowest BCUT2D eigenvalue weighted by Crippen LogP contribution is -2.37. The van der Waals surface area contributed by atoms with E-state index in [1.165, 1.54) is 11.3 Å². The molecule has 1 atom stereocenters. The second kappa shape index (κ2) is 7.03. The number of nitrogens with one attached hydrogen (secondary N) is 1. The van der Waals surface area contributed by atoms with Crippen LogP contribution in [0.4, 0.5) is 5.82 Å². The molecule has 2 heterocycles. The molecule has 24 heavy (non-hydrogen) atoms. The second-order valence-corrected chi connectivity index (χ2v) is 7.82. The maximum Gasteiger partial charge on any atom is 0.348 e. The minimum Gasteiger partial charge on any atom is -0.462 e. The number of thiophene rings is 1. The van der Waals surface area contributed by atoms with Gasteiger partial charge in [-0.2, -0.15) is 0 Å². The average molecular weight is 351 g/mol. The Morgan fingerprint density at radius 3 is 2.54 bits per heavy atom. The molecule has 2 aromatic rings. The lowest BCUT2D eigenvalue weighted by molar-refractivity contribution is 0.0531. The van der Waals surface area contributed by atoms with Gasteiger partial charge in [-0.15, -0.1) is 11.3 Å². The smallest absolute Gasteiger partial charge is 0.348 e. The van der Waals surface area contributed by atoms with Gasteiger partial charge in [0, 0.05) is 0 Å². The summed E-state index contributed by atoms with van der Waals surface area (Å²) < 4.78 is 5.13. The molecule has 0 fully saturated rings.